The molecule has 7 heterocycles. The van der Waals surface area contributed by atoms with E-state index < -0.39 is 6.97 Å². The standard InChI is InChI=1S/C40H25BF2I6N4OS2/c1-20-28(37-31(44)33(46)39(48)55-37)26(10-4-22-12-16-50-17-13-22)52-35(20)30(24-6-8-25(54-3)9-7-24)36-21(2)29(38-32(45)34(47)40(49)56-38)27(53(36)41(52,42)43)11-5-23-14-18-51-19-15-23/h4-19H,1-3H3/b10-4+,11-5+. The van der Waals surface area contributed by atoms with Gasteiger partial charge in [-0.2, -0.15) is 0 Å². The van der Waals surface area contributed by atoms with Crippen LogP contribution in [-0.2, 0) is 0 Å². The highest BCUT2D eigenvalue weighted by Crippen LogP contribution is 2.53. The summed E-state index contributed by atoms with van der Waals surface area (Å²) in [6.07, 6.45) is 14.4. The summed E-state index contributed by atoms with van der Waals surface area (Å²) in [6.45, 7) is -0.497. The van der Waals surface area contributed by atoms with Crippen LogP contribution in [0.4, 0.5) is 8.63 Å². The predicted octanol–water partition coefficient (Wildman–Crippen LogP) is 13.8. The van der Waals surface area contributed by atoms with E-state index in [4.69, 9.17) is 4.74 Å². The lowest BCUT2D eigenvalue weighted by atomic mass is 9.83. The lowest BCUT2D eigenvalue weighted by Crippen LogP contribution is -2.51. The van der Waals surface area contributed by atoms with Gasteiger partial charge in [-0.1, -0.05) is 18.2 Å². The number of benzene rings is 1. The van der Waals surface area contributed by atoms with E-state index in [9.17, 15) is 0 Å². The first-order chi connectivity index (χ1) is 26.8. The molecule has 16 heteroatoms. The number of rotatable bonds is 8. The number of pyridine rings is 2. The number of hydrogen-bond donors (Lipinski definition) is 0. The molecule has 0 N–H and O–H groups in total. The minimum atomic E-state index is -4.50. The summed E-state index contributed by atoms with van der Waals surface area (Å²) in [5.41, 5.74) is 8.45. The maximum Gasteiger partial charge on any atom is 0.737 e. The third-order valence-electron chi connectivity index (χ3n) is 9.69. The van der Waals surface area contributed by atoms with Crippen LogP contribution in [-0.4, -0.2) is 38.7 Å². The molecule has 2 aliphatic heterocycles. The van der Waals surface area contributed by atoms with E-state index in [-0.39, 0.29) is 0 Å². The fourth-order valence-corrected chi connectivity index (χ4v) is 15.6. The van der Waals surface area contributed by atoms with Gasteiger partial charge in [-0.05, 0) is 220 Å². The highest BCUT2D eigenvalue weighted by molar-refractivity contribution is 14.1. The Labute approximate surface area is 412 Å². The van der Waals surface area contributed by atoms with Crippen molar-refractivity contribution in [2.45, 2.75) is 13.8 Å². The minimum Gasteiger partial charge on any atom is -0.497 e. The SMILES string of the molecule is COc1ccc(C2=C3C(C)=C(c4sc(I)c(I)c4I)C(/C=C/c4ccncc4)=[N+]3[B-](F)(F)n3c(/C=C/c4ccncc4)c(-c4sc(I)c(I)c4I)c(C)c32)cc1. The van der Waals surface area contributed by atoms with Crippen LogP contribution in [0.3, 0.4) is 0 Å². The normalized spacial score (nSPS) is 15.2. The van der Waals surface area contributed by atoms with Crippen LogP contribution in [0.15, 0.2) is 90.7 Å². The summed E-state index contributed by atoms with van der Waals surface area (Å²) < 4.78 is 52.1. The monoisotopic (exact) mass is 1450 g/mol. The molecule has 1 aromatic carbocycles. The number of thiophene rings is 2. The van der Waals surface area contributed by atoms with Crippen LogP contribution < -0.4 is 4.74 Å². The Morgan fingerprint density at radius 3 is 1.75 bits per heavy atom. The average Bonchev–Trinajstić information content (AvgIpc) is 3.84. The number of fused-ring (bicyclic) bond motifs is 2. The largest absolute Gasteiger partial charge is 0.737 e. The van der Waals surface area contributed by atoms with Crippen LogP contribution in [0.2, 0.25) is 0 Å². The van der Waals surface area contributed by atoms with Crippen molar-refractivity contribution in [3.63, 3.8) is 0 Å². The van der Waals surface area contributed by atoms with E-state index in [2.05, 4.69) is 146 Å². The van der Waals surface area contributed by atoms with Crippen molar-refractivity contribution in [1.82, 2.24) is 14.4 Å². The van der Waals surface area contributed by atoms with Gasteiger partial charge >= 0.3 is 6.97 Å². The van der Waals surface area contributed by atoms with Gasteiger partial charge in [-0.25, -0.2) is 0 Å². The molecular formula is C40H25BF2I6N4OS2. The van der Waals surface area contributed by atoms with E-state index in [1.54, 1.807) is 54.6 Å². The Hall–Kier alpha value is -1.07. The first-order valence-corrected chi connectivity index (χ1v) is 24.9. The van der Waals surface area contributed by atoms with Crippen molar-refractivity contribution in [1.29, 1.82) is 0 Å². The summed E-state index contributed by atoms with van der Waals surface area (Å²) in [7, 11) is 1.63. The maximum absolute atomic E-state index is 18.6. The van der Waals surface area contributed by atoms with E-state index in [0.29, 0.717) is 28.5 Å². The number of ether oxygens (including phenoxy) is 1. The van der Waals surface area contributed by atoms with E-state index in [1.165, 1.54) is 8.96 Å². The molecule has 0 saturated heterocycles. The number of methoxy groups -OCH3 is 1. The second kappa shape index (κ2) is 16.8. The molecule has 0 radical (unpaired) electrons. The second-order valence-corrected chi connectivity index (χ2v) is 22.8. The van der Waals surface area contributed by atoms with Gasteiger partial charge in [0.15, 0.2) is 11.4 Å². The number of allylic oxidation sites excluding steroid dienone is 3. The van der Waals surface area contributed by atoms with Gasteiger partial charge in [0.05, 0.1) is 40.9 Å². The Balaban J connectivity index is 1.55. The molecule has 0 bridgehead atoms. The Bertz CT molecular complexity index is 2740. The molecule has 0 atom stereocenters. The Morgan fingerprint density at radius 1 is 0.696 bits per heavy atom. The fraction of sp³-hybridized carbons (Fsp3) is 0.0750. The van der Waals surface area contributed by atoms with Crippen molar-refractivity contribution >= 4 is 200 Å². The van der Waals surface area contributed by atoms with E-state index in [0.717, 1.165) is 74.3 Å². The lowest BCUT2D eigenvalue weighted by molar-refractivity contribution is -0.361. The zero-order valence-electron chi connectivity index (χ0n) is 29.4. The quantitative estimate of drug-likeness (QED) is 0.113. The summed E-state index contributed by atoms with van der Waals surface area (Å²) in [5, 5.41) is 0. The molecule has 0 amide bonds. The maximum atomic E-state index is 18.6. The van der Waals surface area contributed by atoms with Crippen molar-refractivity contribution in [3.8, 4) is 16.2 Å². The molecular weight excluding hydrogens is 1430 g/mol. The Kier molecular flexibility index (Phi) is 12.5. The highest BCUT2D eigenvalue weighted by Gasteiger charge is 2.58. The molecule has 0 fully saturated rings. The molecule has 8 rings (SSSR count). The van der Waals surface area contributed by atoms with Crippen molar-refractivity contribution in [3.05, 3.63) is 149 Å². The third kappa shape index (κ3) is 7.19. The fourth-order valence-electron chi connectivity index (χ4n) is 7.24. The zero-order chi connectivity index (χ0) is 39.6. The molecule has 6 aromatic rings. The van der Waals surface area contributed by atoms with E-state index in [1.807, 2.05) is 86.7 Å². The third-order valence-corrected chi connectivity index (χ3v) is 24.0. The van der Waals surface area contributed by atoms with Crippen LogP contribution in [0.25, 0.3) is 39.8 Å². The van der Waals surface area contributed by atoms with Gasteiger partial charge in [0, 0.05) is 60.5 Å². The molecule has 2 aliphatic rings. The van der Waals surface area contributed by atoms with Crippen molar-refractivity contribution < 1.29 is 17.9 Å². The van der Waals surface area contributed by atoms with Crippen LogP contribution in [0.1, 0.15) is 45.4 Å². The lowest BCUT2D eigenvalue weighted by Gasteiger charge is -2.34. The predicted molar refractivity (Wildman–Crippen MR) is 280 cm³/mol. The second-order valence-electron chi connectivity index (χ2n) is 12.8. The smallest absolute Gasteiger partial charge is 0.497 e. The van der Waals surface area contributed by atoms with Crippen LogP contribution in [0, 0.1) is 27.0 Å². The summed E-state index contributed by atoms with van der Waals surface area (Å²) in [4.78, 5) is 10.3. The number of hydrogen-bond acceptors (Lipinski definition) is 5. The van der Waals surface area contributed by atoms with Gasteiger partial charge in [0.25, 0.3) is 0 Å². The molecule has 5 nitrogen and oxygen atoms in total. The molecule has 0 unspecified atom stereocenters. The molecule has 0 saturated carbocycles. The molecule has 0 spiro atoms. The van der Waals surface area contributed by atoms with Crippen LogP contribution in [0.5, 0.6) is 5.75 Å². The summed E-state index contributed by atoms with van der Waals surface area (Å²) >= 11 is 17.5. The summed E-state index contributed by atoms with van der Waals surface area (Å²) in [5.74, 6) is 0.692. The molecule has 5 aromatic heterocycles. The minimum absolute atomic E-state index is 0.453. The van der Waals surface area contributed by atoms with Crippen molar-refractivity contribution in [2.75, 3.05) is 7.11 Å². The van der Waals surface area contributed by atoms with Gasteiger partial charge in [0.2, 0.25) is 0 Å². The van der Waals surface area contributed by atoms with Gasteiger partial charge in [0.1, 0.15) is 5.75 Å². The first kappa shape index (κ1) is 41.7. The zero-order valence-corrected chi connectivity index (χ0v) is 43.9. The highest BCUT2D eigenvalue weighted by atomic mass is 127. The number of nitrogens with zero attached hydrogens (tertiary/aromatic N) is 4. The Morgan fingerprint density at radius 2 is 1.23 bits per heavy atom. The van der Waals surface area contributed by atoms with Crippen molar-refractivity contribution in [2.24, 2.45) is 0 Å². The molecule has 0 aliphatic carbocycles. The average molecular weight is 1450 g/mol. The van der Waals surface area contributed by atoms with Gasteiger partial charge in [-0.15, -0.1) is 22.7 Å². The number of aromatic nitrogens is 3. The van der Waals surface area contributed by atoms with E-state index >= 15 is 8.63 Å². The van der Waals surface area contributed by atoms with Crippen LogP contribution >= 0.6 is 158 Å². The molecule has 56 heavy (non-hydrogen) atoms. The first-order valence-electron chi connectivity index (χ1n) is 16.8. The molecule has 282 valence electrons. The van der Waals surface area contributed by atoms with Gasteiger partial charge in [-0.3, -0.25) is 9.97 Å². The number of halogens is 8. The summed E-state index contributed by atoms with van der Waals surface area (Å²) in [6, 6.07) is 15.3. The van der Waals surface area contributed by atoms with Gasteiger partial charge < -0.3 is 22.3 Å². The topological polar surface area (TPSA) is 43.0 Å².